The van der Waals surface area contributed by atoms with Crippen molar-refractivity contribution < 1.29 is 14.4 Å². The second-order valence-electron chi connectivity index (χ2n) is 3.69. The molecule has 0 saturated heterocycles. The van der Waals surface area contributed by atoms with Gasteiger partial charge in [0.25, 0.3) is 5.91 Å². The van der Waals surface area contributed by atoms with Gasteiger partial charge in [-0.25, -0.2) is 0 Å². The van der Waals surface area contributed by atoms with Crippen LogP contribution in [0.25, 0.3) is 0 Å². The number of aryl methyl sites for hydroxylation is 1. The van der Waals surface area contributed by atoms with Gasteiger partial charge in [0.2, 0.25) is 0 Å². The Labute approximate surface area is 99.7 Å². The number of hydrogen-bond acceptors (Lipinski definition) is 4. The quantitative estimate of drug-likeness (QED) is 0.347. The van der Waals surface area contributed by atoms with Crippen molar-refractivity contribution in [1.82, 2.24) is 4.90 Å². The number of furan rings is 1. The number of nitrogens with zero attached hydrogens (tertiary/aromatic N) is 2. The molecule has 0 aliphatic rings. The average Bonchev–Trinajstić information content (AvgIpc) is 2.83. The molecule has 0 bridgehead atoms. The van der Waals surface area contributed by atoms with E-state index in [1.54, 1.807) is 19.2 Å². The van der Waals surface area contributed by atoms with Gasteiger partial charge in [0.05, 0.1) is 0 Å². The number of rotatable bonds is 5. The summed E-state index contributed by atoms with van der Waals surface area (Å²) in [5.41, 5.74) is 5.32. The Bertz CT molecular complexity index is 412. The maximum Gasteiger partial charge on any atom is 0.289 e. The van der Waals surface area contributed by atoms with Gasteiger partial charge in [-0.2, -0.15) is 0 Å². The van der Waals surface area contributed by atoms with Crippen LogP contribution in [0.15, 0.2) is 21.7 Å². The third-order valence-corrected chi connectivity index (χ3v) is 2.40. The van der Waals surface area contributed by atoms with Crippen molar-refractivity contribution in [3.05, 3.63) is 23.7 Å². The maximum absolute atomic E-state index is 11.9. The van der Waals surface area contributed by atoms with E-state index in [2.05, 4.69) is 5.16 Å². The Morgan fingerprint density at radius 3 is 2.82 bits per heavy atom. The van der Waals surface area contributed by atoms with E-state index in [9.17, 15) is 4.79 Å². The van der Waals surface area contributed by atoms with Crippen molar-refractivity contribution in [2.45, 2.75) is 19.8 Å². The van der Waals surface area contributed by atoms with E-state index >= 15 is 0 Å². The van der Waals surface area contributed by atoms with Crippen LogP contribution in [0.4, 0.5) is 0 Å². The molecular weight excluding hydrogens is 222 g/mol. The molecule has 0 fully saturated rings. The van der Waals surface area contributed by atoms with Crippen LogP contribution in [0.2, 0.25) is 0 Å². The molecule has 1 aromatic heterocycles. The molecule has 1 heterocycles. The highest BCUT2D eigenvalue weighted by atomic mass is 16.4. The van der Waals surface area contributed by atoms with Gasteiger partial charge in [-0.15, -0.1) is 0 Å². The molecule has 0 aliphatic carbocycles. The summed E-state index contributed by atoms with van der Waals surface area (Å²) in [6.07, 6.45) is 1.07. The topological polar surface area (TPSA) is 92.1 Å². The first-order valence-corrected chi connectivity index (χ1v) is 5.39. The van der Waals surface area contributed by atoms with Crippen LogP contribution in [0.3, 0.4) is 0 Å². The molecule has 0 radical (unpaired) electrons. The number of carbonyl (C=O) groups is 1. The molecular formula is C11H17N3O3. The zero-order chi connectivity index (χ0) is 12.8. The van der Waals surface area contributed by atoms with E-state index in [1.807, 2.05) is 6.92 Å². The second kappa shape index (κ2) is 5.93. The van der Waals surface area contributed by atoms with E-state index in [0.717, 1.165) is 12.2 Å². The summed E-state index contributed by atoms with van der Waals surface area (Å²) in [5, 5.41) is 11.2. The lowest BCUT2D eigenvalue weighted by Gasteiger charge is -2.14. The Balaban J connectivity index is 2.57. The molecule has 0 spiro atoms. The van der Waals surface area contributed by atoms with Crippen LogP contribution in [0, 0.1) is 0 Å². The molecule has 3 N–H and O–H groups in total. The van der Waals surface area contributed by atoms with Crippen molar-refractivity contribution in [3.63, 3.8) is 0 Å². The molecule has 0 atom stereocenters. The summed E-state index contributed by atoms with van der Waals surface area (Å²) in [4.78, 5) is 13.3. The third kappa shape index (κ3) is 3.51. The number of nitrogens with two attached hydrogens (primary N) is 1. The Morgan fingerprint density at radius 2 is 2.29 bits per heavy atom. The Hall–Kier alpha value is -1.98. The van der Waals surface area contributed by atoms with Crippen LogP contribution >= 0.6 is 0 Å². The minimum atomic E-state index is -0.213. The Kier molecular flexibility index (Phi) is 4.56. The van der Waals surface area contributed by atoms with Crippen LogP contribution in [0.1, 0.15) is 29.7 Å². The molecule has 94 valence electrons. The monoisotopic (exact) mass is 239 g/mol. The standard InChI is InChI=1S/C11H17N3O3/c1-3-8-4-5-9(17-8)11(15)14(2)7-6-10(12)13-16/h4-5,16H,3,6-7H2,1-2H3,(H2,12,13). The summed E-state index contributed by atoms with van der Waals surface area (Å²) >= 11 is 0. The van der Waals surface area contributed by atoms with Crippen LogP contribution in [-0.4, -0.2) is 35.4 Å². The summed E-state index contributed by atoms with van der Waals surface area (Å²) in [7, 11) is 1.64. The van der Waals surface area contributed by atoms with Gasteiger partial charge in [0.1, 0.15) is 11.6 Å². The number of oxime groups is 1. The minimum absolute atomic E-state index is 0.0957. The molecule has 1 rings (SSSR count). The highest BCUT2D eigenvalue weighted by Crippen LogP contribution is 2.10. The smallest absolute Gasteiger partial charge is 0.289 e. The van der Waals surface area contributed by atoms with Crippen LogP contribution < -0.4 is 5.73 Å². The second-order valence-corrected chi connectivity index (χ2v) is 3.69. The van der Waals surface area contributed by atoms with Crippen molar-refractivity contribution in [2.24, 2.45) is 10.9 Å². The zero-order valence-corrected chi connectivity index (χ0v) is 10.0. The largest absolute Gasteiger partial charge is 0.456 e. The van der Waals surface area contributed by atoms with Gasteiger partial charge >= 0.3 is 0 Å². The van der Waals surface area contributed by atoms with Crippen LogP contribution in [-0.2, 0) is 6.42 Å². The molecule has 0 unspecified atom stereocenters. The fraction of sp³-hybridized carbons (Fsp3) is 0.455. The van der Waals surface area contributed by atoms with Gasteiger partial charge < -0.3 is 20.3 Å². The van der Waals surface area contributed by atoms with Gasteiger partial charge in [0, 0.05) is 26.4 Å². The molecule has 1 aromatic rings. The number of amides is 1. The predicted molar refractivity (Wildman–Crippen MR) is 63.1 cm³/mol. The maximum atomic E-state index is 11.9. The molecule has 6 nitrogen and oxygen atoms in total. The first-order chi connectivity index (χ1) is 8.08. The molecule has 17 heavy (non-hydrogen) atoms. The lowest BCUT2D eigenvalue weighted by Crippen LogP contribution is -2.30. The number of carbonyl (C=O) groups excluding carboxylic acids is 1. The van der Waals surface area contributed by atoms with Crippen molar-refractivity contribution in [2.75, 3.05) is 13.6 Å². The van der Waals surface area contributed by atoms with Gasteiger partial charge in [-0.3, -0.25) is 4.79 Å². The zero-order valence-electron chi connectivity index (χ0n) is 10.0. The normalized spacial score (nSPS) is 11.5. The molecule has 0 aromatic carbocycles. The van der Waals surface area contributed by atoms with E-state index in [-0.39, 0.29) is 11.7 Å². The number of hydrogen-bond donors (Lipinski definition) is 2. The van der Waals surface area contributed by atoms with Crippen molar-refractivity contribution in [1.29, 1.82) is 0 Å². The van der Waals surface area contributed by atoms with Crippen molar-refractivity contribution in [3.8, 4) is 0 Å². The average molecular weight is 239 g/mol. The lowest BCUT2D eigenvalue weighted by atomic mass is 10.3. The summed E-state index contributed by atoms with van der Waals surface area (Å²) in [6.45, 7) is 2.33. The van der Waals surface area contributed by atoms with Gasteiger partial charge in [-0.1, -0.05) is 12.1 Å². The summed E-state index contributed by atoms with van der Waals surface area (Å²) in [5.74, 6) is 0.968. The van der Waals surface area contributed by atoms with Crippen LogP contribution in [0.5, 0.6) is 0 Å². The fourth-order valence-electron chi connectivity index (χ4n) is 1.30. The van der Waals surface area contributed by atoms with Crippen molar-refractivity contribution >= 4 is 11.7 Å². The van der Waals surface area contributed by atoms with E-state index < -0.39 is 0 Å². The molecule has 6 heteroatoms. The van der Waals surface area contributed by atoms with E-state index in [1.165, 1.54) is 4.90 Å². The highest BCUT2D eigenvalue weighted by Gasteiger charge is 2.15. The fourth-order valence-corrected chi connectivity index (χ4v) is 1.30. The summed E-state index contributed by atoms with van der Waals surface area (Å²) < 4.78 is 5.35. The molecule has 0 aliphatic heterocycles. The van der Waals surface area contributed by atoms with E-state index in [0.29, 0.717) is 18.7 Å². The number of amidine groups is 1. The first-order valence-electron chi connectivity index (χ1n) is 5.39. The highest BCUT2D eigenvalue weighted by molar-refractivity contribution is 5.91. The molecule has 1 amide bonds. The van der Waals surface area contributed by atoms with Gasteiger partial charge in [0.15, 0.2) is 5.76 Å². The molecule has 0 saturated carbocycles. The summed E-state index contributed by atoms with van der Waals surface area (Å²) in [6, 6.07) is 3.44. The van der Waals surface area contributed by atoms with Gasteiger partial charge in [-0.05, 0) is 12.1 Å². The predicted octanol–water partition coefficient (Wildman–Crippen LogP) is 1.05. The minimum Gasteiger partial charge on any atom is -0.456 e. The SMILES string of the molecule is CCc1ccc(C(=O)N(C)CCC(N)=NO)o1. The Morgan fingerprint density at radius 1 is 1.59 bits per heavy atom. The first kappa shape index (κ1) is 13.1. The van der Waals surface area contributed by atoms with E-state index in [4.69, 9.17) is 15.4 Å². The lowest BCUT2D eigenvalue weighted by molar-refractivity contribution is 0.0765. The third-order valence-electron chi connectivity index (χ3n) is 2.40.